The Hall–Kier alpha value is -5.22. The molecule has 10 heteroatoms. The number of carbonyl (C=O) groups excluding carboxylic acids is 2. The highest BCUT2D eigenvalue weighted by atomic mass is 16.5. The molecule has 2 aliphatic heterocycles. The van der Waals surface area contributed by atoms with Crippen molar-refractivity contribution in [1.82, 2.24) is 9.80 Å². The molecule has 0 saturated carbocycles. The van der Waals surface area contributed by atoms with E-state index in [2.05, 4.69) is 11.9 Å². The number of amides is 1. The molecule has 0 spiro atoms. The predicted octanol–water partition coefficient (Wildman–Crippen LogP) is 6.52. The van der Waals surface area contributed by atoms with Crippen molar-refractivity contribution in [3.05, 3.63) is 94.0 Å². The van der Waals surface area contributed by atoms with E-state index >= 15 is 0 Å². The Morgan fingerprint density at radius 1 is 0.708 bits per heavy atom. The van der Waals surface area contributed by atoms with Crippen LogP contribution in [0.5, 0.6) is 46.0 Å². The number of methoxy groups -OCH3 is 4. The third-order valence-corrected chi connectivity index (χ3v) is 9.15. The lowest BCUT2D eigenvalue weighted by Crippen LogP contribution is -2.34. The quantitative estimate of drug-likeness (QED) is 0.168. The summed E-state index contributed by atoms with van der Waals surface area (Å²) in [7, 11) is 10.3. The lowest BCUT2D eigenvalue weighted by molar-refractivity contribution is 0.0780. The number of rotatable bonds is 11. The van der Waals surface area contributed by atoms with E-state index in [1.165, 1.54) is 0 Å². The Labute approximate surface area is 280 Å². The monoisotopic (exact) mass is 652 g/mol. The highest BCUT2D eigenvalue weighted by Crippen LogP contribution is 2.51. The number of likely N-dealkylation sites (N-methyl/N-ethyl adjacent to an activating group) is 2. The lowest BCUT2D eigenvalue weighted by Gasteiger charge is -2.37. The standard InChI is InChI=1S/C38H40N2O8/c1-39-15-14-26-20-34(45-5)36(46-6)37(48-33-21-28-25(19-32(33)44-4)13-16-40(2)38(28)42)35(26)29(39)17-23-7-10-27(11-8-23)47-30-12-9-24(22-41)18-31(30)43-3/h7-12,18-22,29H,13-17H2,1-6H3/t29-/m0/s1. The van der Waals surface area contributed by atoms with E-state index < -0.39 is 0 Å². The Morgan fingerprint density at radius 3 is 2.08 bits per heavy atom. The van der Waals surface area contributed by atoms with Crippen molar-refractivity contribution in [2.45, 2.75) is 25.3 Å². The summed E-state index contributed by atoms with van der Waals surface area (Å²) in [6, 6.07) is 18.6. The Bertz CT molecular complexity index is 1840. The molecule has 250 valence electrons. The molecular weight excluding hydrogens is 612 g/mol. The minimum Gasteiger partial charge on any atom is -0.493 e. The third kappa shape index (κ3) is 6.23. The summed E-state index contributed by atoms with van der Waals surface area (Å²) < 4.78 is 35.8. The van der Waals surface area contributed by atoms with E-state index in [0.717, 1.165) is 47.9 Å². The molecule has 2 aliphatic rings. The summed E-state index contributed by atoms with van der Waals surface area (Å²) in [6.07, 6.45) is 2.98. The van der Waals surface area contributed by atoms with Gasteiger partial charge in [0.05, 0.1) is 28.4 Å². The zero-order valence-corrected chi connectivity index (χ0v) is 28.1. The van der Waals surface area contributed by atoms with E-state index in [4.69, 9.17) is 28.4 Å². The third-order valence-electron chi connectivity index (χ3n) is 9.15. The molecule has 0 saturated heterocycles. The van der Waals surface area contributed by atoms with Gasteiger partial charge >= 0.3 is 0 Å². The molecule has 0 aromatic heterocycles. The molecule has 0 N–H and O–H groups in total. The van der Waals surface area contributed by atoms with Gasteiger partial charge < -0.3 is 33.3 Å². The molecule has 10 nitrogen and oxygen atoms in total. The second-order valence-electron chi connectivity index (χ2n) is 12.0. The fourth-order valence-electron chi connectivity index (χ4n) is 6.47. The first kappa shape index (κ1) is 32.7. The highest BCUT2D eigenvalue weighted by Gasteiger charge is 2.34. The molecule has 1 atom stereocenters. The van der Waals surface area contributed by atoms with Gasteiger partial charge in [-0.3, -0.25) is 14.5 Å². The van der Waals surface area contributed by atoms with Crippen molar-refractivity contribution in [2.24, 2.45) is 0 Å². The first-order valence-corrected chi connectivity index (χ1v) is 15.8. The molecular formula is C38H40N2O8. The van der Waals surface area contributed by atoms with Gasteiger partial charge in [-0.15, -0.1) is 0 Å². The van der Waals surface area contributed by atoms with E-state index in [0.29, 0.717) is 70.1 Å². The number of carbonyl (C=O) groups is 2. The van der Waals surface area contributed by atoms with Crippen LogP contribution in [0.2, 0.25) is 0 Å². The maximum atomic E-state index is 13.1. The van der Waals surface area contributed by atoms with Gasteiger partial charge in [0.1, 0.15) is 12.0 Å². The van der Waals surface area contributed by atoms with Gasteiger partial charge in [-0.05, 0) is 91.5 Å². The number of benzene rings is 4. The summed E-state index contributed by atoms with van der Waals surface area (Å²) in [5.41, 5.74) is 5.23. The van der Waals surface area contributed by atoms with E-state index in [1.807, 2.05) is 36.4 Å². The Morgan fingerprint density at radius 2 is 1.40 bits per heavy atom. The van der Waals surface area contributed by atoms with Crippen LogP contribution in [0.1, 0.15) is 49.0 Å². The molecule has 0 aliphatic carbocycles. The second kappa shape index (κ2) is 13.9. The van der Waals surface area contributed by atoms with Crippen LogP contribution in [0.4, 0.5) is 0 Å². The van der Waals surface area contributed by atoms with Gasteiger partial charge in [0.2, 0.25) is 5.75 Å². The van der Waals surface area contributed by atoms with Crippen LogP contribution in [0.15, 0.2) is 60.7 Å². The zero-order valence-electron chi connectivity index (χ0n) is 28.1. The fraction of sp³-hybridized carbons (Fsp3) is 0.316. The number of ether oxygens (including phenoxy) is 6. The van der Waals surface area contributed by atoms with Crippen molar-refractivity contribution < 1.29 is 38.0 Å². The summed E-state index contributed by atoms with van der Waals surface area (Å²) in [4.78, 5) is 28.3. The number of hydrogen-bond donors (Lipinski definition) is 0. The normalized spacial score (nSPS) is 15.7. The molecule has 0 unspecified atom stereocenters. The average molecular weight is 653 g/mol. The fourth-order valence-corrected chi connectivity index (χ4v) is 6.47. The molecule has 48 heavy (non-hydrogen) atoms. The molecule has 4 aromatic carbocycles. The van der Waals surface area contributed by atoms with Crippen LogP contribution in [0.3, 0.4) is 0 Å². The maximum Gasteiger partial charge on any atom is 0.254 e. The molecule has 6 rings (SSSR count). The van der Waals surface area contributed by atoms with Crippen LogP contribution >= 0.6 is 0 Å². The molecule has 0 radical (unpaired) electrons. The summed E-state index contributed by atoms with van der Waals surface area (Å²) in [6.45, 7) is 1.49. The van der Waals surface area contributed by atoms with E-state index in [1.54, 1.807) is 64.7 Å². The van der Waals surface area contributed by atoms with E-state index in [-0.39, 0.29) is 11.9 Å². The number of nitrogens with zero attached hydrogens (tertiary/aromatic N) is 2. The van der Waals surface area contributed by atoms with Crippen molar-refractivity contribution >= 4 is 12.2 Å². The molecule has 2 heterocycles. The van der Waals surface area contributed by atoms with Gasteiger partial charge in [-0.1, -0.05) is 12.1 Å². The first-order chi connectivity index (χ1) is 23.3. The molecule has 4 aromatic rings. The zero-order chi connectivity index (χ0) is 33.9. The maximum absolute atomic E-state index is 13.1. The average Bonchev–Trinajstić information content (AvgIpc) is 3.11. The van der Waals surface area contributed by atoms with Crippen molar-refractivity contribution in [2.75, 3.05) is 55.6 Å². The van der Waals surface area contributed by atoms with Gasteiger partial charge in [0, 0.05) is 42.9 Å². The van der Waals surface area contributed by atoms with Crippen LogP contribution in [0.25, 0.3) is 0 Å². The van der Waals surface area contributed by atoms with Gasteiger partial charge in [0.15, 0.2) is 34.5 Å². The first-order valence-electron chi connectivity index (χ1n) is 15.8. The minimum absolute atomic E-state index is 0.0511. The van der Waals surface area contributed by atoms with Crippen molar-refractivity contribution in [1.29, 1.82) is 0 Å². The van der Waals surface area contributed by atoms with Gasteiger partial charge in [-0.2, -0.15) is 0 Å². The molecule has 0 fully saturated rings. The number of hydrogen-bond acceptors (Lipinski definition) is 9. The summed E-state index contributed by atoms with van der Waals surface area (Å²) >= 11 is 0. The highest BCUT2D eigenvalue weighted by molar-refractivity contribution is 5.97. The summed E-state index contributed by atoms with van der Waals surface area (Å²) in [5.74, 6) is 4.13. The largest absolute Gasteiger partial charge is 0.493 e. The SMILES string of the molecule is COc1cc(C=O)ccc1Oc1ccc(C[C@H]2c3c(cc(OC)c(OC)c3Oc3cc4c(cc3OC)CCN(C)C4=O)CCN2C)cc1. The number of fused-ring (bicyclic) bond motifs is 2. The lowest BCUT2D eigenvalue weighted by atomic mass is 9.87. The second-order valence-corrected chi connectivity index (χ2v) is 12.0. The topological polar surface area (TPSA) is 96.0 Å². The number of aldehydes is 1. The van der Waals surface area contributed by atoms with Crippen LogP contribution in [0, 0.1) is 0 Å². The van der Waals surface area contributed by atoms with Crippen molar-refractivity contribution in [3.8, 4) is 46.0 Å². The van der Waals surface area contributed by atoms with Crippen LogP contribution < -0.4 is 28.4 Å². The predicted molar refractivity (Wildman–Crippen MR) is 181 cm³/mol. The Kier molecular flexibility index (Phi) is 9.45. The Balaban J connectivity index is 1.36. The van der Waals surface area contributed by atoms with Crippen LogP contribution in [-0.2, 0) is 19.3 Å². The summed E-state index contributed by atoms with van der Waals surface area (Å²) in [5, 5.41) is 0. The van der Waals surface area contributed by atoms with Crippen LogP contribution in [-0.4, -0.2) is 77.6 Å². The minimum atomic E-state index is -0.0670. The molecule has 1 amide bonds. The smallest absolute Gasteiger partial charge is 0.254 e. The molecule has 0 bridgehead atoms. The van der Waals surface area contributed by atoms with E-state index in [9.17, 15) is 9.59 Å². The van der Waals surface area contributed by atoms with Gasteiger partial charge in [-0.25, -0.2) is 0 Å². The van der Waals surface area contributed by atoms with Crippen molar-refractivity contribution in [3.63, 3.8) is 0 Å². The van der Waals surface area contributed by atoms with Gasteiger partial charge in [0.25, 0.3) is 5.91 Å².